The molecule has 10 heteroatoms. The van der Waals surface area contributed by atoms with Crippen LogP contribution >= 0.6 is 11.3 Å². The van der Waals surface area contributed by atoms with Crippen LogP contribution in [0.25, 0.3) is 10.6 Å². The largest absolute Gasteiger partial charge is 0.435 e. The van der Waals surface area contributed by atoms with Crippen LogP contribution in [0.5, 0.6) is 0 Å². The fraction of sp³-hybridized carbons (Fsp3) is 0.462. The van der Waals surface area contributed by atoms with Crippen LogP contribution in [0.3, 0.4) is 0 Å². The van der Waals surface area contributed by atoms with Crippen molar-refractivity contribution in [3.05, 3.63) is 23.9 Å². The molecule has 2 aromatic heterocycles. The zero-order valence-corrected chi connectivity index (χ0v) is 13.7. The van der Waals surface area contributed by atoms with Crippen molar-refractivity contribution in [3.8, 4) is 10.6 Å². The van der Waals surface area contributed by atoms with E-state index < -0.39 is 21.9 Å². The summed E-state index contributed by atoms with van der Waals surface area (Å²) in [5.74, 6) is 0.399. The molecule has 126 valence electrons. The van der Waals surface area contributed by atoms with Gasteiger partial charge >= 0.3 is 6.18 Å². The normalized spacial score (nSPS) is 16.0. The minimum atomic E-state index is -4.53. The minimum absolute atomic E-state index is 0.0860. The van der Waals surface area contributed by atoms with E-state index in [2.05, 4.69) is 9.82 Å². The Kier molecular flexibility index (Phi) is 4.01. The molecule has 0 spiro atoms. The first-order valence-corrected chi connectivity index (χ1v) is 9.18. The van der Waals surface area contributed by atoms with Crippen molar-refractivity contribution in [2.75, 3.05) is 6.54 Å². The Hall–Kier alpha value is -1.39. The lowest BCUT2D eigenvalue weighted by Crippen LogP contribution is -2.24. The Bertz CT molecular complexity index is 820. The summed E-state index contributed by atoms with van der Waals surface area (Å²) in [7, 11) is -2.23. The predicted molar refractivity (Wildman–Crippen MR) is 79.4 cm³/mol. The van der Waals surface area contributed by atoms with E-state index in [1.54, 1.807) is 0 Å². The number of alkyl halides is 3. The van der Waals surface area contributed by atoms with Gasteiger partial charge in [-0.3, -0.25) is 4.68 Å². The van der Waals surface area contributed by atoms with Crippen molar-refractivity contribution in [1.29, 1.82) is 0 Å². The smallest absolute Gasteiger partial charge is 0.267 e. The van der Waals surface area contributed by atoms with Gasteiger partial charge in [0.15, 0.2) is 5.69 Å². The van der Waals surface area contributed by atoms with Gasteiger partial charge < -0.3 is 0 Å². The van der Waals surface area contributed by atoms with E-state index in [0.29, 0.717) is 17.3 Å². The summed E-state index contributed by atoms with van der Waals surface area (Å²) in [5.41, 5.74) is -0.773. The van der Waals surface area contributed by atoms with Crippen molar-refractivity contribution in [2.24, 2.45) is 13.0 Å². The number of thiophene rings is 1. The fourth-order valence-electron chi connectivity index (χ4n) is 2.06. The molecule has 2 aromatic rings. The van der Waals surface area contributed by atoms with Crippen molar-refractivity contribution in [1.82, 2.24) is 14.5 Å². The first-order chi connectivity index (χ1) is 10.7. The molecule has 5 nitrogen and oxygen atoms in total. The number of nitrogens with zero attached hydrogens (tertiary/aromatic N) is 2. The molecule has 0 bridgehead atoms. The van der Waals surface area contributed by atoms with Crippen LogP contribution in [0.4, 0.5) is 13.2 Å². The van der Waals surface area contributed by atoms with E-state index in [9.17, 15) is 21.6 Å². The maximum Gasteiger partial charge on any atom is 0.435 e. The van der Waals surface area contributed by atoms with Crippen molar-refractivity contribution in [3.63, 3.8) is 0 Å². The van der Waals surface area contributed by atoms with Gasteiger partial charge in [-0.1, -0.05) is 0 Å². The number of aromatic nitrogens is 2. The van der Waals surface area contributed by atoms with Crippen molar-refractivity contribution >= 4 is 21.4 Å². The van der Waals surface area contributed by atoms with E-state index in [0.717, 1.165) is 34.9 Å². The Morgan fingerprint density at radius 1 is 1.39 bits per heavy atom. The molecule has 0 atom stereocenters. The summed E-state index contributed by atoms with van der Waals surface area (Å²) >= 11 is 0.924. The Balaban J connectivity index is 1.85. The van der Waals surface area contributed by atoms with Gasteiger partial charge in [0, 0.05) is 13.6 Å². The second-order valence-corrected chi connectivity index (χ2v) is 8.53. The second kappa shape index (κ2) is 5.60. The standard InChI is InChI=1S/C13H14F3N3O2S2/c1-19-9(6-11(18-19)13(14,15)16)10-4-5-12(22-10)23(20,21)17-7-8-2-3-8/h4-6,8,17H,2-3,7H2,1H3. The fourth-order valence-corrected chi connectivity index (χ4v) is 4.57. The SMILES string of the molecule is Cn1nc(C(F)(F)F)cc1-c1ccc(S(=O)(=O)NCC2CC2)s1. The minimum Gasteiger partial charge on any atom is -0.267 e. The third-order valence-corrected chi connectivity index (χ3v) is 6.55. The van der Waals surface area contributed by atoms with Gasteiger partial charge in [-0.2, -0.15) is 18.3 Å². The first kappa shape index (κ1) is 16.5. The molecular weight excluding hydrogens is 351 g/mol. The second-order valence-electron chi connectivity index (χ2n) is 5.45. The average molecular weight is 365 g/mol. The number of sulfonamides is 1. The number of nitrogens with one attached hydrogen (secondary N) is 1. The number of hydrogen-bond acceptors (Lipinski definition) is 4. The monoisotopic (exact) mass is 365 g/mol. The number of hydrogen-bond donors (Lipinski definition) is 1. The molecule has 1 fully saturated rings. The number of aryl methyl sites for hydroxylation is 1. The molecule has 0 radical (unpaired) electrons. The molecule has 0 aromatic carbocycles. The summed E-state index contributed by atoms with van der Waals surface area (Å²) in [5, 5.41) is 3.43. The maximum absolute atomic E-state index is 12.7. The van der Waals surface area contributed by atoms with Crippen LogP contribution in [0.1, 0.15) is 18.5 Å². The van der Waals surface area contributed by atoms with E-state index in [1.807, 2.05) is 0 Å². The van der Waals surface area contributed by atoms with Gasteiger partial charge in [0.05, 0.1) is 10.6 Å². The van der Waals surface area contributed by atoms with Crippen LogP contribution < -0.4 is 4.72 Å². The predicted octanol–water partition coefficient (Wildman–Crippen LogP) is 2.86. The zero-order chi connectivity index (χ0) is 16.8. The van der Waals surface area contributed by atoms with Gasteiger partial charge in [-0.15, -0.1) is 11.3 Å². The molecule has 0 aliphatic heterocycles. The summed E-state index contributed by atoms with van der Waals surface area (Å²) < 4.78 is 66.1. The Morgan fingerprint density at radius 2 is 2.09 bits per heavy atom. The Labute approximate surface area is 135 Å². The number of rotatable bonds is 5. The molecule has 0 saturated heterocycles. The van der Waals surface area contributed by atoms with Gasteiger partial charge in [0.25, 0.3) is 0 Å². The molecule has 1 saturated carbocycles. The highest BCUT2D eigenvalue weighted by Crippen LogP contribution is 2.35. The van der Waals surface area contributed by atoms with E-state index in [4.69, 9.17) is 0 Å². The first-order valence-electron chi connectivity index (χ1n) is 6.88. The van der Waals surface area contributed by atoms with Crippen LogP contribution in [-0.2, 0) is 23.2 Å². The van der Waals surface area contributed by atoms with E-state index in [-0.39, 0.29) is 9.90 Å². The molecular formula is C13H14F3N3O2S2. The third kappa shape index (κ3) is 3.59. The Morgan fingerprint density at radius 3 is 2.65 bits per heavy atom. The van der Waals surface area contributed by atoms with Gasteiger partial charge in [-0.05, 0) is 37.0 Å². The zero-order valence-electron chi connectivity index (χ0n) is 12.1. The molecule has 1 N–H and O–H groups in total. The molecule has 2 heterocycles. The van der Waals surface area contributed by atoms with Crippen LogP contribution in [0.2, 0.25) is 0 Å². The highest BCUT2D eigenvalue weighted by molar-refractivity contribution is 7.91. The lowest BCUT2D eigenvalue weighted by Gasteiger charge is -2.02. The van der Waals surface area contributed by atoms with Gasteiger partial charge in [0.2, 0.25) is 10.0 Å². The topological polar surface area (TPSA) is 64.0 Å². The van der Waals surface area contributed by atoms with Gasteiger partial charge in [0.1, 0.15) is 4.21 Å². The van der Waals surface area contributed by atoms with E-state index >= 15 is 0 Å². The van der Waals surface area contributed by atoms with Gasteiger partial charge in [-0.25, -0.2) is 13.1 Å². The molecule has 0 amide bonds. The molecule has 23 heavy (non-hydrogen) atoms. The lowest BCUT2D eigenvalue weighted by molar-refractivity contribution is -0.141. The molecule has 1 aliphatic carbocycles. The number of halogens is 3. The molecule has 1 aliphatic rings. The molecule has 0 unspecified atom stereocenters. The average Bonchev–Trinajstić information content (AvgIpc) is 2.97. The van der Waals surface area contributed by atoms with Crippen LogP contribution in [0, 0.1) is 5.92 Å². The highest BCUT2D eigenvalue weighted by Gasteiger charge is 2.35. The maximum atomic E-state index is 12.7. The summed E-state index contributed by atoms with van der Waals surface area (Å²) in [6.07, 6.45) is -2.49. The molecule has 3 rings (SSSR count). The summed E-state index contributed by atoms with van der Waals surface area (Å²) in [6.45, 7) is 0.402. The van der Waals surface area contributed by atoms with Crippen molar-refractivity contribution < 1.29 is 21.6 Å². The quantitative estimate of drug-likeness (QED) is 0.886. The summed E-state index contributed by atoms with van der Waals surface area (Å²) in [4.78, 5) is 0.419. The van der Waals surface area contributed by atoms with Crippen LogP contribution in [0.15, 0.2) is 22.4 Å². The third-order valence-electron chi connectivity index (χ3n) is 3.53. The summed E-state index contributed by atoms with van der Waals surface area (Å²) in [6, 6.07) is 3.81. The lowest BCUT2D eigenvalue weighted by atomic mass is 10.3. The van der Waals surface area contributed by atoms with Crippen molar-refractivity contribution in [2.45, 2.75) is 23.2 Å². The highest BCUT2D eigenvalue weighted by atomic mass is 32.2. The van der Waals surface area contributed by atoms with Crippen LogP contribution in [-0.4, -0.2) is 24.7 Å². The van der Waals surface area contributed by atoms with E-state index in [1.165, 1.54) is 19.2 Å².